The molecule has 4 heterocycles. The molecule has 1 fully saturated rings. The van der Waals surface area contributed by atoms with Gasteiger partial charge in [0.2, 0.25) is 17.8 Å². The van der Waals surface area contributed by atoms with Crippen LogP contribution in [0.3, 0.4) is 0 Å². The molecule has 6 rings (SSSR count). The average molecular weight is 474 g/mol. The van der Waals surface area contributed by atoms with E-state index in [9.17, 15) is 8.78 Å². The second-order valence-electron chi connectivity index (χ2n) is 7.99. The molecule has 3 aromatic heterocycles. The summed E-state index contributed by atoms with van der Waals surface area (Å²) in [5.41, 5.74) is 2.44. The van der Waals surface area contributed by atoms with Gasteiger partial charge in [-0.05, 0) is 24.3 Å². The van der Waals surface area contributed by atoms with Gasteiger partial charge >= 0.3 is 0 Å². The number of para-hydroxylation sites is 3. The molecule has 9 nitrogen and oxygen atoms in total. The Bertz CT molecular complexity index is 1520. The second-order valence-corrected chi connectivity index (χ2v) is 7.99. The number of nitrogens with one attached hydrogen (secondary N) is 1. The number of aromatic nitrogens is 6. The molecule has 176 valence electrons. The number of ether oxygens (including phenoxy) is 1. The van der Waals surface area contributed by atoms with Crippen LogP contribution in [0.15, 0.2) is 60.8 Å². The maximum absolute atomic E-state index is 14.0. The molecule has 35 heavy (non-hydrogen) atoms. The second kappa shape index (κ2) is 8.84. The lowest BCUT2D eigenvalue weighted by molar-refractivity contribution is 0.122. The van der Waals surface area contributed by atoms with Gasteiger partial charge in [0, 0.05) is 18.5 Å². The Morgan fingerprint density at radius 3 is 2.43 bits per heavy atom. The van der Waals surface area contributed by atoms with Crippen LogP contribution in [0.5, 0.6) is 0 Å². The van der Waals surface area contributed by atoms with Crippen molar-refractivity contribution in [2.24, 2.45) is 0 Å². The Hall–Kier alpha value is -4.25. The number of hydrogen-bond donors (Lipinski definition) is 1. The van der Waals surface area contributed by atoms with Crippen LogP contribution in [0.25, 0.3) is 27.9 Å². The molecule has 0 unspecified atom stereocenters. The summed E-state index contributed by atoms with van der Waals surface area (Å²) in [6.07, 6.45) is -1.13. The summed E-state index contributed by atoms with van der Waals surface area (Å²) >= 11 is 0. The highest BCUT2D eigenvalue weighted by Crippen LogP contribution is 2.28. The van der Waals surface area contributed by atoms with Gasteiger partial charge in [0.15, 0.2) is 5.82 Å². The number of rotatable bonds is 5. The first kappa shape index (κ1) is 21.3. The molecule has 1 N–H and O–H groups in total. The van der Waals surface area contributed by atoms with Gasteiger partial charge in [0.25, 0.3) is 6.43 Å². The maximum atomic E-state index is 14.0. The fourth-order valence-electron chi connectivity index (χ4n) is 4.08. The molecule has 2 aromatic carbocycles. The molecule has 1 saturated heterocycles. The van der Waals surface area contributed by atoms with Crippen LogP contribution in [-0.2, 0) is 4.74 Å². The van der Waals surface area contributed by atoms with Gasteiger partial charge in [-0.15, -0.1) is 0 Å². The topological polar surface area (TPSA) is 93.9 Å². The van der Waals surface area contributed by atoms with Crippen molar-refractivity contribution in [1.82, 2.24) is 29.5 Å². The lowest BCUT2D eigenvalue weighted by atomic mass is 10.2. The lowest BCUT2D eigenvalue weighted by Crippen LogP contribution is -2.37. The number of anilines is 3. The minimum absolute atomic E-state index is 0.0572. The van der Waals surface area contributed by atoms with Gasteiger partial charge in [0.1, 0.15) is 0 Å². The molecule has 0 amide bonds. The van der Waals surface area contributed by atoms with E-state index < -0.39 is 12.2 Å². The smallest absolute Gasteiger partial charge is 0.296 e. The summed E-state index contributed by atoms with van der Waals surface area (Å²) in [4.78, 5) is 24.2. The molecule has 0 saturated carbocycles. The van der Waals surface area contributed by atoms with Crippen molar-refractivity contribution in [2.45, 2.75) is 6.43 Å². The third-order valence-corrected chi connectivity index (χ3v) is 5.73. The highest BCUT2D eigenvalue weighted by atomic mass is 19.3. The first-order valence-corrected chi connectivity index (χ1v) is 11.1. The molecule has 0 bridgehead atoms. The van der Waals surface area contributed by atoms with E-state index in [1.807, 2.05) is 35.2 Å². The number of morpholine rings is 1. The summed E-state index contributed by atoms with van der Waals surface area (Å²) in [6.45, 7) is 2.20. The average Bonchev–Trinajstić information content (AvgIpc) is 3.29. The zero-order valence-corrected chi connectivity index (χ0v) is 18.5. The molecule has 0 aliphatic carbocycles. The zero-order chi connectivity index (χ0) is 23.8. The summed E-state index contributed by atoms with van der Waals surface area (Å²) in [7, 11) is 0. The van der Waals surface area contributed by atoms with Crippen LogP contribution in [0, 0.1) is 0 Å². The van der Waals surface area contributed by atoms with Crippen molar-refractivity contribution in [3.05, 3.63) is 66.6 Å². The van der Waals surface area contributed by atoms with Crippen LogP contribution >= 0.6 is 0 Å². The van der Waals surface area contributed by atoms with Crippen molar-refractivity contribution in [1.29, 1.82) is 0 Å². The predicted molar refractivity (Wildman–Crippen MR) is 127 cm³/mol. The van der Waals surface area contributed by atoms with Gasteiger partial charge in [-0.3, -0.25) is 9.55 Å². The van der Waals surface area contributed by atoms with Gasteiger partial charge < -0.3 is 15.0 Å². The molecule has 0 atom stereocenters. The van der Waals surface area contributed by atoms with Crippen molar-refractivity contribution in [3.8, 4) is 5.95 Å². The highest BCUT2D eigenvalue weighted by molar-refractivity contribution is 5.82. The first-order valence-electron chi connectivity index (χ1n) is 11.1. The van der Waals surface area contributed by atoms with Gasteiger partial charge in [-0.1, -0.05) is 30.3 Å². The zero-order valence-electron chi connectivity index (χ0n) is 18.5. The van der Waals surface area contributed by atoms with Crippen molar-refractivity contribution < 1.29 is 13.5 Å². The minimum Gasteiger partial charge on any atom is -0.378 e. The molecule has 0 spiro atoms. The van der Waals surface area contributed by atoms with Crippen LogP contribution in [0.2, 0.25) is 0 Å². The Labute approximate surface area is 198 Å². The lowest BCUT2D eigenvalue weighted by Gasteiger charge is -2.27. The number of pyridine rings is 1. The first-order chi connectivity index (χ1) is 17.2. The number of hydrogen-bond acceptors (Lipinski definition) is 8. The van der Waals surface area contributed by atoms with Crippen LogP contribution in [0.1, 0.15) is 12.2 Å². The Morgan fingerprint density at radius 1 is 0.857 bits per heavy atom. The fraction of sp³-hybridized carbons (Fsp3) is 0.208. The van der Waals surface area contributed by atoms with E-state index in [1.54, 1.807) is 30.5 Å². The number of halogens is 2. The Morgan fingerprint density at radius 2 is 1.60 bits per heavy atom. The SMILES string of the molecule is FC(F)c1nc2ccccc2n1-c1nc(Nc2cnc3ccccc3c2)nc(N2CCOCC2)n1. The van der Waals surface area contributed by atoms with Crippen LogP contribution in [0.4, 0.5) is 26.4 Å². The molecule has 1 aliphatic rings. The number of nitrogens with zero attached hydrogens (tertiary/aromatic N) is 7. The van der Waals surface area contributed by atoms with Crippen LogP contribution < -0.4 is 10.2 Å². The Balaban J connectivity index is 1.49. The molecule has 11 heteroatoms. The van der Waals surface area contributed by atoms with E-state index in [1.165, 1.54) is 4.57 Å². The summed E-state index contributed by atoms with van der Waals surface area (Å²) in [5.74, 6) is 0.213. The van der Waals surface area contributed by atoms with E-state index >= 15 is 0 Å². The Kier molecular flexibility index (Phi) is 5.38. The summed E-state index contributed by atoms with van der Waals surface area (Å²) < 4.78 is 34.7. The van der Waals surface area contributed by atoms with Crippen molar-refractivity contribution >= 4 is 39.5 Å². The van der Waals surface area contributed by atoms with E-state index in [0.717, 1.165) is 10.9 Å². The van der Waals surface area contributed by atoms with Gasteiger partial charge in [-0.2, -0.15) is 15.0 Å². The largest absolute Gasteiger partial charge is 0.378 e. The van der Waals surface area contributed by atoms with E-state index in [4.69, 9.17) is 4.74 Å². The van der Waals surface area contributed by atoms with Crippen LogP contribution in [-0.4, -0.2) is 55.8 Å². The van der Waals surface area contributed by atoms with Crippen molar-refractivity contribution in [3.63, 3.8) is 0 Å². The normalized spacial score (nSPS) is 14.2. The van der Waals surface area contributed by atoms with E-state index in [-0.39, 0.29) is 11.9 Å². The minimum atomic E-state index is -2.81. The maximum Gasteiger partial charge on any atom is 0.296 e. The molecular weight excluding hydrogens is 454 g/mol. The van der Waals surface area contributed by atoms with Gasteiger partial charge in [0.05, 0.1) is 41.6 Å². The van der Waals surface area contributed by atoms with E-state index in [2.05, 4.69) is 30.2 Å². The quantitative estimate of drug-likeness (QED) is 0.404. The van der Waals surface area contributed by atoms with Gasteiger partial charge in [-0.25, -0.2) is 13.8 Å². The third-order valence-electron chi connectivity index (χ3n) is 5.73. The van der Waals surface area contributed by atoms with Crippen molar-refractivity contribution in [2.75, 3.05) is 36.5 Å². The number of benzene rings is 2. The van der Waals surface area contributed by atoms with E-state index in [0.29, 0.717) is 49.0 Å². The molecule has 5 aromatic rings. The fourth-order valence-corrected chi connectivity index (χ4v) is 4.08. The molecular formula is C24H20F2N8O. The number of imidazole rings is 1. The highest BCUT2D eigenvalue weighted by Gasteiger charge is 2.24. The third kappa shape index (κ3) is 4.10. The summed E-state index contributed by atoms with van der Waals surface area (Å²) in [5, 5.41) is 4.12. The molecule has 0 radical (unpaired) electrons. The summed E-state index contributed by atoms with van der Waals surface area (Å²) in [6, 6.07) is 16.6. The standard InChI is InChI=1S/C24H20F2N8O/c25-20(26)21-29-18-7-3-4-8-19(18)34(21)24-31-22(30-23(32-24)33-9-11-35-12-10-33)28-16-13-15-5-1-2-6-17(15)27-14-16/h1-8,13-14,20H,9-12H2,(H,28,30,31,32). The monoisotopic (exact) mass is 474 g/mol. The number of alkyl halides is 2. The number of fused-ring (bicyclic) bond motifs is 2. The predicted octanol–water partition coefficient (Wildman–Crippen LogP) is 4.28. The molecule has 1 aliphatic heterocycles.